The van der Waals surface area contributed by atoms with Crippen LogP contribution in [0, 0.1) is 0 Å². The molecule has 0 aliphatic heterocycles. The summed E-state index contributed by atoms with van der Waals surface area (Å²) in [5, 5.41) is 5.83. The third kappa shape index (κ3) is 4.22. The third-order valence-electron chi connectivity index (χ3n) is 4.68. The highest BCUT2D eigenvalue weighted by Crippen LogP contribution is 2.19. The van der Waals surface area contributed by atoms with Gasteiger partial charge in [-0.25, -0.2) is 4.98 Å². The van der Waals surface area contributed by atoms with E-state index in [9.17, 15) is 9.59 Å². The van der Waals surface area contributed by atoms with Gasteiger partial charge in [0.2, 0.25) is 5.82 Å². The van der Waals surface area contributed by atoms with E-state index in [0.29, 0.717) is 12.1 Å². The number of anilines is 1. The Bertz CT molecular complexity index is 978. The molecule has 0 saturated carbocycles. The lowest BCUT2D eigenvalue weighted by Crippen LogP contribution is -2.26. The summed E-state index contributed by atoms with van der Waals surface area (Å²) in [5.74, 6) is -0.374. The van der Waals surface area contributed by atoms with E-state index in [4.69, 9.17) is 0 Å². The van der Waals surface area contributed by atoms with Gasteiger partial charge < -0.3 is 10.6 Å². The van der Waals surface area contributed by atoms with E-state index >= 15 is 0 Å². The lowest BCUT2D eigenvalue weighted by Gasteiger charge is -2.08. The van der Waals surface area contributed by atoms with Crippen molar-refractivity contribution in [3.63, 3.8) is 0 Å². The van der Waals surface area contributed by atoms with Crippen LogP contribution in [0.5, 0.6) is 0 Å². The second-order valence-electron chi connectivity index (χ2n) is 6.67. The quantitative estimate of drug-likeness (QED) is 0.580. The fraction of sp³-hybridized carbons (Fsp3) is 0.318. The first-order valence-electron chi connectivity index (χ1n) is 9.80. The molecule has 0 unspecified atom stereocenters. The number of nitrogens with one attached hydrogen (secondary N) is 2. The minimum Gasteiger partial charge on any atom is -0.349 e. The van der Waals surface area contributed by atoms with Crippen molar-refractivity contribution in [2.24, 2.45) is 0 Å². The Morgan fingerprint density at radius 2 is 1.79 bits per heavy atom. The molecule has 2 N–H and O–H groups in total. The molecule has 0 atom stereocenters. The minimum absolute atomic E-state index is 0.223. The number of pyridine rings is 1. The Morgan fingerprint density at radius 1 is 1.00 bits per heavy atom. The number of hydrogen-bond donors (Lipinski definition) is 2. The summed E-state index contributed by atoms with van der Waals surface area (Å²) in [6.45, 7) is 4.75. The molecule has 6 nitrogen and oxygen atoms in total. The van der Waals surface area contributed by atoms with Crippen molar-refractivity contribution in [2.45, 2.75) is 39.5 Å². The van der Waals surface area contributed by atoms with Gasteiger partial charge in [-0.3, -0.25) is 14.0 Å². The molecule has 2 heterocycles. The number of hydrogen-bond acceptors (Lipinski definition) is 3. The first kappa shape index (κ1) is 19.6. The maximum absolute atomic E-state index is 12.9. The molecule has 1 aromatic carbocycles. The van der Waals surface area contributed by atoms with Crippen LogP contribution in [0.25, 0.3) is 5.52 Å². The number of nitrogens with zero attached hydrogens (tertiary/aromatic N) is 2. The SMILES string of the molecule is CCCCCNC(=O)c1nc(C(=O)Nc2ccccc2CC)c2ccccn12. The highest BCUT2D eigenvalue weighted by molar-refractivity contribution is 6.09. The minimum atomic E-state index is -0.324. The standard InChI is InChI=1S/C22H26N4O2/c1-3-5-9-14-23-22(28)20-25-19(18-13-8-10-15-26(18)20)21(27)24-17-12-7-6-11-16(17)4-2/h6-8,10-13,15H,3-5,9,14H2,1-2H3,(H,23,28)(H,24,27). The van der Waals surface area contributed by atoms with Gasteiger partial charge in [-0.05, 0) is 36.6 Å². The molecule has 28 heavy (non-hydrogen) atoms. The van der Waals surface area contributed by atoms with Crippen molar-refractivity contribution >= 4 is 23.0 Å². The highest BCUT2D eigenvalue weighted by atomic mass is 16.2. The Kier molecular flexibility index (Phi) is 6.42. The number of fused-ring (bicyclic) bond motifs is 1. The van der Waals surface area contributed by atoms with E-state index < -0.39 is 0 Å². The number of rotatable bonds is 8. The van der Waals surface area contributed by atoms with Gasteiger partial charge in [0.05, 0.1) is 5.52 Å². The van der Waals surface area contributed by atoms with Crippen LogP contribution < -0.4 is 10.6 Å². The van der Waals surface area contributed by atoms with Crippen molar-refractivity contribution in [1.82, 2.24) is 14.7 Å². The fourth-order valence-electron chi connectivity index (χ4n) is 3.15. The molecule has 3 rings (SSSR count). The van der Waals surface area contributed by atoms with Gasteiger partial charge in [0.1, 0.15) is 0 Å². The Hall–Kier alpha value is -3.15. The molecule has 0 radical (unpaired) electrons. The van der Waals surface area contributed by atoms with E-state index in [1.54, 1.807) is 16.7 Å². The predicted octanol–water partition coefficient (Wildman–Crippen LogP) is 4.07. The van der Waals surface area contributed by atoms with Crippen LogP contribution in [0.4, 0.5) is 5.69 Å². The van der Waals surface area contributed by atoms with Crippen LogP contribution in [0.3, 0.4) is 0 Å². The molecular formula is C22H26N4O2. The van der Waals surface area contributed by atoms with Crippen molar-refractivity contribution in [3.05, 3.63) is 65.7 Å². The Morgan fingerprint density at radius 3 is 2.57 bits per heavy atom. The second kappa shape index (κ2) is 9.17. The molecule has 0 bridgehead atoms. The van der Waals surface area contributed by atoms with E-state index in [1.165, 1.54) is 0 Å². The normalized spacial score (nSPS) is 10.8. The average Bonchev–Trinajstić information content (AvgIpc) is 3.11. The van der Waals surface area contributed by atoms with Crippen LogP contribution in [0.15, 0.2) is 48.7 Å². The highest BCUT2D eigenvalue weighted by Gasteiger charge is 2.21. The summed E-state index contributed by atoms with van der Waals surface area (Å²) in [5.41, 5.74) is 2.66. The van der Waals surface area contributed by atoms with Gasteiger partial charge in [-0.15, -0.1) is 0 Å². The molecular weight excluding hydrogens is 352 g/mol. The first-order chi connectivity index (χ1) is 13.7. The number of unbranched alkanes of at least 4 members (excludes halogenated alkanes) is 2. The molecule has 0 spiro atoms. The summed E-state index contributed by atoms with van der Waals surface area (Å²) in [4.78, 5) is 29.9. The molecule has 146 valence electrons. The van der Waals surface area contributed by atoms with Crippen LogP contribution in [0.1, 0.15) is 59.8 Å². The zero-order chi connectivity index (χ0) is 19.9. The molecule has 0 aliphatic rings. The van der Waals surface area contributed by atoms with E-state index in [1.807, 2.05) is 43.3 Å². The number of imidazole rings is 1. The van der Waals surface area contributed by atoms with E-state index in [0.717, 1.165) is 36.9 Å². The lowest BCUT2D eigenvalue weighted by molar-refractivity contribution is 0.0942. The van der Waals surface area contributed by atoms with Gasteiger partial charge in [0, 0.05) is 18.4 Å². The monoisotopic (exact) mass is 378 g/mol. The number of carbonyl (C=O) groups is 2. The lowest BCUT2D eigenvalue weighted by atomic mass is 10.1. The summed E-state index contributed by atoms with van der Waals surface area (Å²) < 4.78 is 1.66. The van der Waals surface area contributed by atoms with Gasteiger partial charge in [0.25, 0.3) is 11.8 Å². The Labute approximate surface area is 165 Å². The number of carbonyl (C=O) groups excluding carboxylic acids is 2. The number of amides is 2. The molecule has 0 aliphatic carbocycles. The number of benzene rings is 1. The van der Waals surface area contributed by atoms with Crippen molar-refractivity contribution in [1.29, 1.82) is 0 Å². The maximum atomic E-state index is 12.9. The summed E-state index contributed by atoms with van der Waals surface area (Å²) >= 11 is 0. The van der Waals surface area contributed by atoms with Crippen molar-refractivity contribution in [2.75, 3.05) is 11.9 Å². The number of aryl methyl sites for hydroxylation is 1. The Balaban J connectivity index is 1.87. The zero-order valence-electron chi connectivity index (χ0n) is 16.4. The summed E-state index contributed by atoms with van der Waals surface area (Å²) in [6, 6.07) is 13.1. The fourth-order valence-corrected chi connectivity index (χ4v) is 3.15. The van der Waals surface area contributed by atoms with Crippen molar-refractivity contribution < 1.29 is 9.59 Å². The molecule has 3 aromatic rings. The average molecular weight is 378 g/mol. The number of aromatic nitrogens is 2. The maximum Gasteiger partial charge on any atom is 0.287 e. The topological polar surface area (TPSA) is 75.5 Å². The van der Waals surface area contributed by atoms with Gasteiger partial charge in [0.15, 0.2) is 5.69 Å². The number of para-hydroxylation sites is 1. The van der Waals surface area contributed by atoms with E-state index in [-0.39, 0.29) is 23.3 Å². The molecule has 0 fully saturated rings. The largest absolute Gasteiger partial charge is 0.349 e. The molecule has 2 amide bonds. The smallest absolute Gasteiger partial charge is 0.287 e. The van der Waals surface area contributed by atoms with Gasteiger partial charge in [-0.2, -0.15) is 0 Å². The van der Waals surface area contributed by atoms with Crippen LogP contribution in [0.2, 0.25) is 0 Å². The van der Waals surface area contributed by atoms with Gasteiger partial charge >= 0.3 is 0 Å². The van der Waals surface area contributed by atoms with E-state index in [2.05, 4.69) is 22.5 Å². The first-order valence-corrected chi connectivity index (χ1v) is 9.80. The molecule has 6 heteroatoms. The molecule has 2 aromatic heterocycles. The summed E-state index contributed by atoms with van der Waals surface area (Å²) in [7, 11) is 0. The molecule has 0 saturated heterocycles. The second-order valence-corrected chi connectivity index (χ2v) is 6.67. The van der Waals surface area contributed by atoms with Crippen LogP contribution >= 0.6 is 0 Å². The summed E-state index contributed by atoms with van der Waals surface area (Å²) in [6.07, 6.45) is 5.64. The van der Waals surface area contributed by atoms with Crippen LogP contribution in [-0.2, 0) is 6.42 Å². The van der Waals surface area contributed by atoms with Gasteiger partial charge in [-0.1, -0.05) is 51.0 Å². The zero-order valence-corrected chi connectivity index (χ0v) is 16.4. The third-order valence-corrected chi connectivity index (χ3v) is 4.68. The predicted molar refractivity (Wildman–Crippen MR) is 111 cm³/mol. The van der Waals surface area contributed by atoms with Crippen molar-refractivity contribution in [3.8, 4) is 0 Å². The van der Waals surface area contributed by atoms with Crippen LogP contribution in [-0.4, -0.2) is 27.7 Å².